The predicted octanol–water partition coefficient (Wildman–Crippen LogP) is 4.23. The Hall–Kier alpha value is -6.25. The summed E-state index contributed by atoms with van der Waals surface area (Å²) in [6.07, 6.45) is 2.82. The molecule has 2 fully saturated rings. The number of benzene rings is 4. The van der Waals surface area contributed by atoms with Gasteiger partial charge in [0.1, 0.15) is 30.3 Å². The molecule has 0 saturated carbocycles. The van der Waals surface area contributed by atoms with Gasteiger partial charge < -0.3 is 34.3 Å². The number of carbonyl (C=O) groups is 5. The Morgan fingerprint density at radius 3 is 2.35 bits per heavy atom. The molecule has 3 N–H and O–H groups in total. The van der Waals surface area contributed by atoms with Crippen molar-refractivity contribution in [3.8, 4) is 23.0 Å². The van der Waals surface area contributed by atoms with Gasteiger partial charge in [-0.2, -0.15) is 0 Å². The molecule has 0 aliphatic carbocycles. The maximum atomic E-state index is 13.3. The molecular weight excluding hydrogens is 732 g/mol. The number of methoxy groups -OCH3 is 2. The van der Waals surface area contributed by atoms with Crippen molar-refractivity contribution in [1.29, 1.82) is 0 Å². The average molecular weight is 777 g/mol. The molecule has 4 aromatic carbocycles. The van der Waals surface area contributed by atoms with E-state index in [9.17, 15) is 24.0 Å². The summed E-state index contributed by atoms with van der Waals surface area (Å²) in [5, 5.41) is 8.49. The van der Waals surface area contributed by atoms with Crippen LogP contribution in [0, 0.1) is 0 Å². The van der Waals surface area contributed by atoms with Crippen LogP contribution in [-0.2, 0) is 38.5 Å². The van der Waals surface area contributed by atoms with E-state index >= 15 is 0 Å². The number of hydrogen-bond donors (Lipinski definition) is 3. The Balaban J connectivity index is 0.835. The molecule has 3 atom stereocenters. The van der Waals surface area contributed by atoms with Gasteiger partial charge >= 0.3 is 0 Å². The maximum absolute atomic E-state index is 13.3. The first-order valence-electron chi connectivity index (χ1n) is 18.8. The Bertz CT molecular complexity index is 2160. The molecule has 3 heterocycles. The highest BCUT2D eigenvalue weighted by molar-refractivity contribution is 6.24. The average Bonchev–Trinajstić information content (AvgIpc) is 3.46. The van der Waals surface area contributed by atoms with Crippen LogP contribution >= 0.6 is 0 Å². The van der Waals surface area contributed by atoms with Crippen molar-refractivity contribution in [2.24, 2.45) is 0 Å². The number of hydrogen-bond acceptors (Lipinski definition) is 11. The summed E-state index contributed by atoms with van der Waals surface area (Å²) in [6.45, 7) is 1.08. The van der Waals surface area contributed by atoms with Crippen LogP contribution in [0.25, 0.3) is 0 Å². The summed E-state index contributed by atoms with van der Waals surface area (Å²) in [5.41, 5.74) is 3.99. The minimum absolute atomic E-state index is 0.0110. The number of piperidine rings is 1. The van der Waals surface area contributed by atoms with E-state index in [1.807, 2.05) is 42.5 Å². The quantitative estimate of drug-likeness (QED) is 0.131. The van der Waals surface area contributed by atoms with E-state index < -0.39 is 42.2 Å². The van der Waals surface area contributed by atoms with Crippen molar-refractivity contribution in [3.05, 3.63) is 113 Å². The fourth-order valence-electron chi connectivity index (χ4n) is 7.10. The van der Waals surface area contributed by atoms with E-state index in [4.69, 9.17) is 23.7 Å². The van der Waals surface area contributed by atoms with Gasteiger partial charge in [-0.15, -0.1) is 0 Å². The predicted molar refractivity (Wildman–Crippen MR) is 208 cm³/mol. The van der Waals surface area contributed by atoms with Crippen LogP contribution in [0.1, 0.15) is 56.7 Å². The molecule has 2 saturated heterocycles. The molecule has 0 spiro atoms. The Morgan fingerprint density at radius 1 is 0.825 bits per heavy atom. The molecule has 57 heavy (non-hydrogen) atoms. The smallest absolute Gasteiger partial charge is 0.266 e. The first kappa shape index (κ1) is 39.0. The van der Waals surface area contributed by atoms with Crippen LogP contribution in [-0.4, -0.2) is 86.7 Å². The van der Waals surface area contributed by atoms with Gasteiger partial charge in [-0.3, -0.25) is 34.2 Å². The number of anilines is 1. The van der Waals surface area contributed by atoms with Gasteiger partial charge in [-0.1, -0.05) is 36.4 Å². The van der Waals surface area contributed by atoms with E-state index in [-0.39, 0.29) is 41.9 Å². The SMILES string of the molecule is COc1ccc(CCCc2ccc(OCC3OCC3NCc3cccc(NC(=O)COc4cccc5c4C(=O)N(C4CCC(=O)NC4=O)C5=O)c3)cc2)cc1OC. The fourth-order valence-corrected chi connectivity index (χ4v) is 7.10. The molecule has 4 aromatic rings. The van der Waals surface area contributed by atoms with Gasteiger partial charge in [0.05, 0.1) is 38.0 Å². The maximum Gasteiger partial charge on any atom is 0.266 e. The van der Waals surface area contributed by atoms with Crippen molar-refractivity contribution in [2.45, 2.75) is 56.8 Å². The van der Waals surface area contributed by atoms with Crippen LogP contribution in [0.3, 0.4) is 0 Å². The number of nitrogens with one attached hydrogen (secondary N) is 3. The monoisotopic (exact) mass is 776 g/mol. The molecular formula is C43H44N4O10. The number of ether oxygens (including phenoxy) is 5. The fraction of sp³-hybridized carbons (Fsp3) is 0.326. The molecule has 3 aliphatic heterocycles. The number of amides is 5. The zero-order valence-electron chi connectivity index (χ0n) is 31.7. The molecule has 14 heteroatoms. The normalized spacial score (nSPS) is 18.7. The van der Waals surface area contributed by atoms with Crippen molar-refractivity contribution >= 4 is 35.2 Å². The second kappa shape index (κ2) is 17.7. The summed E-state index contributed by atoms with van der Waals surface area (Å²) < 4.78 is 28.3. The zero-order valence-corrected chi connectivity index (χ0v) is 31.7. The number of aryl methyl sites for hydroxylation is 2. The highest BCUT2D eigenvalue weighted by atomic mass is 16.6. The van der Waals surface area contributed by atoms with Crippen molar-refractivity contribution in [1.82, 2.24) is 15.5 Å². The van der Waals surface area contributed by atoms with Gasteiger partial charge in [0.25, 0.3) is 17.7 Å². The number of fused-ring (bicyclic) bond motifs is 1. The minimum atomic E-state index is -1.10. The van der Waals surface area contributed by atoms with Crippen molar-refractivity contribution in [2.75, 3.05) is 39.4 Å². The first-order chi connectivity index (χ1) is 27.7. The Kier molecular flexibility index (Phi) is 12.1. The molecule has 0 aromatic heterocycles. The highest BCUT2D eigenvalue weighted by Crippen LogP contribution is 2.34. The van der Waals surface area contributed by atoms with Crippen LogP contribution in [0.4, 0.5) is 5.69 Å². The molecule has 0 radical (unpaired) electrons. The third kappa shape index (κ3) is 9.08. The van der Waals surface area contributed by atoms with Gasteiger partial charge in [-0.05, 0) is 90.9 Å². The molecule has 0 bridgehead atoms. The lowest BCUT2D eigenvalue weighted by atomic mass is 10.0. The molecule has 7 rings (SSSR count). The van der Waals surface area contributed by atoms with E-state index in [0.29, 0.717) is 25.4 Å². The lowest BCUT2D eigenvalue weighted by Gasteiger charge is -2.37. The minimum Gasteiger partial charge on any atom is -0.493 e. The second-order valence-corrected chi connectivity index (χ2v) is 14.0. The molecule has 3 aliphatic rings. The van der Waals surface area contributed by atoms with Gasteiger partial charge in [-0.25, -0.2) is 0 Å². The summed E-state index contributed by atoms with van der Waals surface area (Å²) in [7, 11) is 3.28. The zero-order chi connectivity index (χ0) is 39.9. The number of imide groups is 2. The Labute approximate surface area is 329 Å². The number of carbonyl (C=O) groups excluding carboxylic acids is 5. The lowest BCUT2D eigenvalue weighted by molar-refractivity contribution is -0.136. The summed E-state index contributed by atoms with van der Waals surface area (Å²) in [4.78, 5) is 64.2. The van der Waals surface area contributed by atoms with Gasteiger partial charge in [0, 0.05) is 18.7 Å². The second-order valence-electron chi connectivity index (χ2n) is 14.0. The Morgan fingerprint density at radius 2 is 1.60 bits per heavy atom. The third-order valence-electron chi connectivity index (χ3n) is 10.2. The molecule has 3 unspecified atom stereocenters. The van der Waals surface area contributed by atoms with Gasteiger partial charge in [0.2, 0.25) is 11.8 Å². The third-order valence-corrected chi connectivity index (χ3v) is 10.2. The van der Waals surface area contributed by atoms with E-state index in [2.05, 4.69) is 34.1 Å². The molecule has 296 valence electrons. The van der Waals surface area contributed by atoms with Crippen LogP contribution < -0.4 is 34.9 Å². The van der Waals surface area contributed by atoms with E-state index in [1.54, 1.807) is 20.3 Å². The topological polar surface area (TPSA) is 171 Å². The van der Waals surface area contributed by atoms with E-state index in [1.165, 1.54) is 29.3 Å². The lowest BCUT2D eigenvalue weighted by Crippen LogP contribution is -2.56. The van der Waals surface area contributed by atoms with E-state index in [0.717, 1.165) is 47.0 Å². The van der Waals surface area contributed by atoms with Gasteiger partial charge in [0.15, 0.2) is 18.1 Å². The summed E-state index contributed by atoms with van der Waals surface area (Å²) in [6, 6.07) is 25.1. The standard InChI is InChI=1S/C43H44N4O10/c1-53-34-18-14-27(21-36(34)54-2)7-3-6-26-12-15-30(16-13-26)55-24-37-32(23-56-37)44-22-28-8-4-9-29(20-28)45-39(49)25-57-35-11-5-10-31-40(35)43(52)47(42(31)51)33-17-19-38(48)46-41(33)50/h4-5,8-16,18,20-21,32-33,37,44H,3,6-7,17,19,22-25H2,1-2H3,(H,45,49)(H,46,48,50). The first-order valence-corrected chi connectivity index (χ1v) is 18.8. The van der Waals surface area contributed by atoms with Crippen LogP contribution in [0.2, 0.25) is 0 Å². The van der Waals surface area contributed by atoms with Crippen LogP contribution in [0.5, 0.6) is 23.0 Å². The highest BCUT2D eigenvalue weighted by Gasteiger charge is 2.46. The largest absolute Gasteiger partial charge is 0.493 e. The molecule has 5 amide bonds. The number of rotatable bonds is 17. The van der Waals surface area contributed by atoms with Crippen molar-refractivity contribution < 1.29 is 47.7 Å². The van der Waals surface area contributed by atoms with Crippen LogP contribution in [0.15, 0.2) is 84.9 Å². The summed E-state index contributed by atoms with van der Waals surface area (Å²) in [5.74, 6) is -0.702. The molecule has 14 nitrogen and oxygen atoms in total. The number of nitrogens with zero attached hydrogens (tertiary/aromatic N) is 1. The summed E-state index contributed by atoms with van der Waals surface area (Å²) >= 11 is 0. The van der Waals surface area contributed by atoms with Crippen molar-refractivity contribution in [3.63, 3.8) is 0 Å².